The summed E-state index contributed by atoms with van der Waals surface area (Å²) < 4.78 is 6.12. The number of aromatic nitrogens is 2. The third kappa shape index (κ3) is 5.22. The molecule has 1 aromatic heterocycles. The minimum atomic E-state index is -0.838. The van der Waals surface area contributed by atoms with Gasteiger partial charge >= 0.3 is 5.97 Å². The summed E-state index contributed by atoms with van der Waals surface area (Å²) in [6.45, 7) is 10.0. The smallest absolute Gasteiger partial charge is 0.344 e. The fourth-order valence-electron chi connectivity index (χ4n) is 3.07. The Morgan fingerprint density at radius 2 is 1.83 bits per heavy atom. The van der Waals surface area contributed by atoms with Crippen molar-refractivity contribution in [1.82, 2.24) is 9.78 Å². The zero-order valence-corrected chi connectivity index (χ0v) is 17.8. The normalized spacial score (nSPS) is 10.7. The van der Waals surface area contributed by atoms with Crippen LogP contribution in [0.25, 0.3) is 0 Å². The van der Waals surface area contributed by atoms with Gasteiger partial charge in [0.15, 0.2) is 6.61 Å². The SMILES string of the molecule is CCN(c1ccc(NC(=O)COC(=O)c2c(C)c(C)nn(C)c2=O)cc1)C(C)C. The summed E-state index contributed by atoms with van der Waals surface area (Å²) in [5.74, 6) is -1.32. The summed E-state index contributed by atoms with van der Waals surface area (Å²) in [6.07, 6.45) is 0. The van der Waals surface area contributed by atoms with Crippen molar-refractivity contribution < 1.29 is 14.3 Å². The van der Waals surface area contributed by atoms with Crippen molar-refractivity contribution in [3.63, 3.8) is 0 Å². The van der Waals surface area contributed by atoms with Gasteiger partial charge in [-0.2, -0.15) is 5.10 Å². The second-order valence-electron chi connectivity index (χ2n) is 7.07. The van der Waals surface area contributed by atoms with Crippen LogP contribution in [0.5, 0.6) is 0 Å². The largest absolute Gasteiger partial charge is 0.452 e. The van der Waals surface area contributed by atoms with Crippen LogP contribution < -0.4 is 15.8 Å². The van der Waals surface area contributed by atoms with Crippen LogP contribution in [0.1, 0.15) is 42.4 Å². The number of rotatable bonds is 7. The van der Waals surface area contributed by atoms with Crippen molar-refractivity contribution in [2.24, 2.45) is 7.05 Å². The highest BCUT2D eigenvalue weighted by atomic mass is 16.5. The Balaban J connectivity index is 2.00. The molecule has 0 aliphatic rings. The molecule has 0 atom stereocenters. The Labute approximate surface area is 170 Å². The highest BCUT2D eigenvalue weighted by Gasteiger charge is 2.20. The van der Waals surface area contributed by atoms with Crippen LogP contribution in [0.4, 0.5) is 11.4 Å². The van der Waals surface area contributed by atoms with Gasteiger partial charge in [-0.15, -0.1) is 0 Å². The van der Waals surface area contributed by atoms with Gasteiger partial charge in [0.05, 0.1) is 5.69 Å². The van der Waals surface area contributed by atoms with Gasteiger partial charge in [0.2, 0.25) is 0 Å². The van der Waals surface area contributed by atoms with Crippen LogP contribution in [-0.2, 0) is 16.6 Å². The summed E-state index contributed by atoms with van der Waals surface area (Å²) in [4.78, 5) is 38.9. The standard InChI is InChI=1S/C21H28N4O4/c1-7-25(13(2)3)17-10-8-16(9-11-17)22-18(26)12-29-21(28)19-14(4)15(5)23-24(6)20(19)27/h8-11,13H,7,12H2,1-6H3,(H,22,26). The van der Waals surface area contributed by atoms with E-state index in [2.05, 4.69) is 36.1 Å². The summed E-state index contributed by atoms with van der Waals surface area (Å²) >= 11 is 0. The maximum atomic E-state index is 12.3. The molecule has 0 aliphatic carbocycles. The Morgan fingerprint density at radius 3 is 2.38 bits per heavy atom. The van der Waals surface area contributed by atoms with E-state index in [0.29, 0.717) is 23.0 Å². The summed E-state index contributed by atoms with van der Waals surface area (Å²) in [5, 5.41) is 6.70. The van der Waals surface area contributed by atoms with Gasteiger partial charge in [-0.25, -0.2) is 9.48 Å². The summed E-state index contributed by atoms with van der Waals surface area (Å²) in [7, 11) is 1.46. The number of carbonyl (C=O) groups is 2. The van der Waals surface area contributed by atoms with Crippen molar-refractivity contribution in [1.29, 1.82) is 0 Å². The van der Waals surface area contributed by atoms with Crippen LogP contribution in [0, 0.1) is 13.8 Å². The predicted octanol–water partition coefficient (Wildman–Crippen LogP) is 2.43. The van der Waals surface area contributed by atoms with Gasteiger partial charge in [0.1, 0.15) is 5.56 Å². The Morgan fingerprint density at radius 1 is 1.21 bits per heavy atom. The molecule has 0 aliphatic heterocycles. The van der Waals surface area contributed by atoms with E-state index in [1.165, 1.54) is 7.05 Å². The first kappa shape index (κ1) is 22.1. The Bertz CT molecular complexity index is 948. The van der Waals surface area contributed by atoms with Gasteiger partial charge in [-0.1, -0.05) is 0 Å². The molecule has 2 aromatic rings. The lowest BCUT2D eigenvalue weighted by Crippen LogP contribution is -2.31. The number of ether oxygens (including phenoxy) is 1. The van der Waals surface area contributed by atoms with Crippen molar-refractivity contribution in [3.8, 4) is 0 Å². The van der Waals surface area contributed by atoms with Gasteiger partial charge in [-0.3, -0.25) is 9.59 Å². The third-order valence-electron chi connectivity index (χ3n) is 4.71. The van der Waals surface area contributed by atoms with Gasteiger partial charge in [0, 0.05) is 31.0 Å². The molecule has 0 fully saturated rings. The monoisotopic (exact) mass is 400 g/mol. The topological polar surface area (TPSA) is 93.5 Å². The maximum absolute atomic E-state index is 12.3. The lowest BCUT2D eigenvalue weighted by molar-refractivity contribution is -0.119. The number of esters is 1. The Kier molecular flexibility index (Phi) is 7.14. The number of carbonyl (C=O) groups excluding carboxylic acids is 2. The van der Waals surface area contributed by atoms with E-state index in [1.807, 2.05) is 12.1 Å². The van der Waals surface area contributed by atoms with Gasteiger partial charge in [0.25, 0.3) is 11.5 Å². The van der Waals surface area contributed by atoms with Crippen LogP contribution in [0.3, 0.4) is 0 Å². The van der Waals surface area contributed by atoms with Crippen molar-refractivity contribution >= 4 is 23.3 Å². The molecule has 2 rings (SSSR count). The molecule has 1 amide bonds. The number of aryl methyl sites for hydroxylation is 2. The zero-order valence-electron chi connectivity index (χ0n) is 17.8. The number of hydrogen-bond donors (Lipinski definition) is 1. The fourth-order valence-corrected chi connectivity index (χ4v) is 3.07. The predicted molar refractivity (Wildman–Crippen MR) is 112 cm³/mol. The molecule has 0 unspecified atom stereocenters. The fraction of sp³-hybridized carbons (Fsp3) is 0.429. The highest BCUT2D eigenvalue weighted by molar-refractivity contribution is 5.96. The molecular formula is C21H28N4O4. The summed E-state index contributed by atoms with van der Waals surface area (Å²) in [6, 6.07) is 7.82. The average molecular weight is 400 g/mol. The molecule has 29 heavy (non-hydrogen) atoms. The third-order valence-corrected chi connectivity index (χ3v) is 4.71. The molecule has 0 saturated carbocycles. The molecule has 0 spiro atoms. The van der Waals surface area contributed by atoms with Crippen molar-refractivity contribution in [2.45, 2.75) is 40.7 Å². The minimum Gasteiger partial charge on any atom is -0.452 e. The first-order chi connectivity index (χ1) is 13.6. The van der Waals surface area contributed by atoms with E-state index >= 15 is 0 Å². The quantitative estimate of drug-likeness (QED) is 0.718. The molecule has 1 heterocycles. The molecule has 0 bridgehead atoms. The van der Waals surface area contributed by atoms with E-state index in [9.17, 15) is 14.4 Å². The van der Waals surface area contributed by atoms with E-state index in [1.54, 1.807) is 26.0 Å². The van der Waals surface area contributed by atoms with Crippen molar-refractivity contribution in [2.75, 3.05) is 23.4 Å². The minimum absolute atomic E-state index is 0.106. The van der Waals surface area contributed by atoms with E-state index in [-0.39, 0.29) is 5.56 Å². The first-order valence-corrected chi connectivity index (χ1v) is 9.53. The molecule has 0 radical (unpaired) electrons. The summed E-state index contributed by atoms with van der Waals surface area (Å²) in [5.41, 5.74) is 1.99. The van der Waals surface area contributed by atoms with E-state index in [4.69, 9.17) is 4.74 Å². The lowest BCUT2D eigenvalue weighted by Gasteiger charge is -2.27. The van der Waals surface area contributed by atoms with Crippen LogP contribution in [0.2, 0.25) is 0 Å². The molecule has 156 valence electrons. The Hall–Kier alpha value is -3.16. The first-order valence-electron chi connectivity index (χ1n) is 9.53. The van der Waals surface area contributed by atoms with Crippen molar-refractivity contribution in [3.05, 3.63) is 51.4 Å². The molecule has 0 saturated heterocycles. The molecule has 1 aromatic carbocycles. The van der Waals surface area contributed by atoms with Crippen LogP contribution >= 0.6 is 0 Å². The van der Waals surface area contributed by atoms with Gasteiger partial charge in [-0.05, 0) is 64.4 Å². The van der Waals surface area contributed by atoms with E-state index < -0.39 is 24.0 Å². The van der Waals surface area contributed by atoms with Gasteiger partial charge < -0.3 is 15.0 Å². The maximum Gasteiger partial charge on any atom is 0.344 e. The molecular weight excluding hydrogens is 372 g/mol. The number of anilines is 2. The van der Waals surface area contributed by atoms with Crippen LogP contribution in [0.15, 0.2) is 29.1 Å². The highest BCUT2D eigenvalue weighted by Crippen LogP contribution is 2.19. The zero-order chi connectivity index (χ0) is 21.7. The second kappa shape index (κ2) is 9.36. The molecule has 1 N–H and O–H groups in total. The number of benzene rings is 1. The number of nitrogens with one attached hydrogen (secondary N) is 1. The second-order valence-corrected chi connectivity index (χ2v) is 7.07. The molecule has 8 heteroatoms. The average Bonchev–Trinajstić information content (AvgIpc) is 2.66. The molecule has 8 nitrogen and oxygen atoms in total. The number of amides is 1. The number of nitrogens with zero attached hydrogens (tertiary/aromatic N) is 3. The van der Waals surface area contributed by atoms with Crippen LogP contribution in [-0.4, -0.2) is 40.9 Å². The lowest BCUT2D eigenvalue weighted by atomic mass is 10.1. The number of hydrogen-bond acceptors (Lipinski definition) is 6. The van der Waals surface area contributed by atoms with E-state index in [0.717, 1.165) is 16.9 Å².